The fourth-order valence-electron chi connectivity index (χ4n) is 5.96. The van der Waals surface area contributed by atoms with Crippen LogP contribution >= 0.6 is 11.6 Å². The summed E-state index contributed by atoms with van der Waals surface area (Å²) in [6.45, 7) is 8.48. The molecule has 0 unspecified atom stereocenters. The highest BCUT2D eigenvalue weighted by Gasteiger charge is 2.30. The number of Topliss-reactive ketones (excluding diaryl/α,β-unsaturated/α-hetero) is 1. The number of rotatable bonds is 11. The number of amides is 1. The summed E-state index contributed by atoms with van der Waals surface area (Å²) >= 11 is 6.47. The number of halogens is 1. The molecule has 1 aromatic heterocycles. The van der Waals surface area contributed by atoms with E-state index in [0.717, 1.165) is 66.5 Å². The van der Waals surface area contributed by atoms with Gasteiger partial charge in [-0.2, -0.15) is 5.10 Å². The number of hydrogen-bond acceptors (Lipinski definition) is 6. The lowest BCUT2D eigenvalue weighted by atomic mass is 9.99. The fourth-order valence-corrected chi connectivity index (χ4v) is 6.19. The zero-order valence-electron chi connectivity index (χ0n) is 25.4. The Morgan fingerprint density at radius 2 is 1.73 bits per heavy atom. The first-order chi connectivity index (χ1) is 21.2. The second-order valence-corrected chi connectivity index (χ2v) is 12.7. The van der Waals surface area contributed by atoms with Crippen molar-refractivity contribution in [1.82, 2.24) is 20.0 Å². The molecule has 2 aliphatic rings. The third-order valence-electron chi connectivity index (χ3n) is 8.59. The number of carbonyl (C=O) groups excluding carboxylic acids is 2. The van der Waals surface area contributed by atoms with E-state index in [1.165, 1.54) is 0 Å². The lowest BCUT2D eigenvalue weighted by molar-refractivity contribution is -0.118. The van der Waals surface area contributed by atoms with E-state index in [2.05, 4.69) is 37.1 Å². The van der Waals surface area contributed by atoms with Crippen molar-refractivity contribution in [3.05, 3.63) is 82.5 Å². The molecular weight excluding hydrogens is 576 g/mol. The summed E-state index contributed by atoms with van der Waals surface area (Å²) < 4.78 is 7.86. The Balaban J connectivity index is 1.17. The summed E-state index contributed by atoms with van der Waals surface area (Å²) in [6.07, 6.45) is 3.30. The van der Waals surface area contributed by atoms with Gasteiger partial charge in [0, 0.05) is 29.2 Å². The highest BCUT2D eigenvalue weighted by atomic mass is 35.5. The third kappa shape index (κ3) is 6.53. The van der Waals surface area contributed by atoms with Gasteiger partial charge in [0.05, 0.1) is 22.7 Å². The number of likely N-dealkylation sites (tertiary alicyclic amines) is 1. The van der Waals surface area contributed by atoms with Gasteiger partial charge in [-0.3, -0.25) is 14.3 Å². The molecule has 9 heteroatoms. The summed E-state index contributed by atoms with van der Waals surface area (Å²) in [5.41, 5.74) is 4.80. The lowest BCUT2D eigenvalue weighted by Crippen LogP contribution is -2.48. The largest absolute Gasteiger partial charge is 0.489 e. The normalized spacial score (nSPS) is 16.8. The molecule has 4 aromatic rings. The first-order valence-electron chi connectivity index (χ1n) is 15.5. The molecule has 1 aliphatic heterocycles. The van der Waals surface area contributed by atoms with Gasteiger partial charge in [-0.05, 0) is 94.4 Å². The van der Waals surface area contributed by atoms with E-state index >= 15 is 0 Å². The van der Waals surface area contributed by atoms with Gasteiger partial charge in [-0.25, -0.2) is 0 Å². The maximum absolute atomic E-state index is 13.3. The summed E-state index contributed by atoms with van der Waals surface area (Å²) in [5.74, 6) is -0.816. The van der Waals surface area contributed by atoms with Crippen molar-refractivity contribution in [2.24, 2.45) is 0 Å². The number of nitrogens with one attached hydrogen (secondary N) is 1. The number of aryl methyl sites for hydroxylation is 1. The van der Waals surface area contributed by atoms with Crippen LogP contribution in [0.4, 0.5) is 0 Å². The molecule has 2 atom stereocenters. The second kappa shape index (κ2) is 12.7. The Morgan fingerprint density at radius 3 is 2.39 bits per heavy atom. The van der Waals surface area contributed by atoms with Crippen LogP contribution in [0.15, 0.2) is 60.7 Å². The van der Waals surface area contributed by atoms with E-state index < -0.39 is 23.8 Å². The molecular formula is C35H39ClN4O4. The predicted octanol–water partition coefficient (Wildman–Crippen LogP) is 6.28. The molecule has 2 N–H and O–H groups in total. The molecule has 2 heterocycles. The molecule has 6 rings (SSSR count). The van der Waals surface area contributed by atoms with Crippen LogP contribution < -0.4 is 10.1 Å². The molecule has 230 valence electrons. The SMILES string of the molecule is Cc1c2ccc(-c3ccc(C(=O)C(=O)N[C@H](CN4CCCC4)[C@H](O)c4ccc(OC5CC5)c(Cl)c4)cc3)cc2nn1C(C)C. The maximum Gasteiger partial charge on any atom is 0.292 e. The molecule has 2 fully saturated rings. The van der Waals surface area contributed by atoms with Crippen LogP contribution in [0.25, 0.3) is 22.0 Å². The molecule has 1 aliphatic carbocycles. The number of aromatic nitrogens is 2. The number of ketones is 1. The van der Waals surface area contributed by atoms with Gasteiger partial charge < -0.3 is 20.1 Å². The maximum atomic E-state index is 13.3. The van der Waals surface area contributed by atoms with Gasteiger partial charge in [0.25, 0.3) is 5.91 Å². The molecule has 1 saturated carbocycles. The Hall–Kier alpha value is -3.72. The topological polar surface area (TPSA) is 96.7 Å². The first kappa shape index (κ1) is 30.3. The quantitative estimate of drug-likeness (QED) is 0.152. The molecule has 1 amide bonds. The van der Waals surface area contributed by atoms with Crippen molar-refractivity contribution in [2.75, 3.05) is 19.6 Å². The number of hydrogen-bond donors (Lipinski definition) is 2. The fraction of sp³-hybridized carbons (Fsp3) is 0.400. The van der Waals surface area contributed by atoms with Crippen molar-refractivity contribution < 1.29 is 19.4 Å². The smallest absolute Gasteiger partial charge is 0.292 e. The molecule has 8 nitrogen and oxygen atoms in total. The van der Waals surface area contributed by atoms with Crippen molar-refractivity contribution >= 4 is 34.2 Å². The number of nitrogens with zero attached hydrogens (tertiary/aromatic N) is 3. The van der Waals surface area contributed by atoms with Crippen molar-refractivity contribution in [3.63, 3.8) is 0 Å². The average molecular weight is 615 g/mol. The predicted molar refractivity (Wildman–Crippen MR) is 172 cm³/mol. The Labute approximate surface area is 263 Å². The zero-order valence-corrected chi connectivity index (χ0v) is 26.2. The molecule has 3 aromatic carbocycles. The van der Waals surface area contributed by atoms with Crippen molar-refractivity contribution in [3.8, 4) is 16.9 Å². The third-order valence-corrected chi connectivity index (χ3v) is 8.88. The number of carbonyl (C=O) groups is 2. The Bertz CT molecular complexity index is 1670. The van der Waals surface area contributed by atoms with Gasteiger partial charge in [-0.15, -0.1) is 0 Å². The van der Waals surface area contributed by atoms with Crippen LogP contribution in [-0.2, 0) is 4.79 Å². The van der Waals surface area contributed by atoms with E-state index in [-0.39, 0.29) is 17.7 Å². The standard InChI is InChI=1S/C35H39ClN4O4/c1-21(2)40-22(3)28-14-10-25(19-30(28)38-40)23-6-8-24(9-7-23)34(42)35(43)37-31(20-39-16-4-5-17-39)33(41)26-11-15-32(29(36)18-26)44-27-12-13-27/h6-11,14-15,18-19,21,27,31,33,41H,4-5,12-13,16-17,20H2,1-3H3,(H,37,43)/t31-,33-/m1/s1. The minimum atomic E-state index is -1.06. The van der Waals surface area contributed by atoms with E-state index in [1.807, 2.05) is 28.9 Å². The number of aliphatic hydroxyl groups excluding tert-OH is 1. The van der Waals surface area contributed by atoms with E-state index in [0.29, 0.717) is 22.9 Å². The molecule has 44 heavy (non-hydrogen) atoms. The molecule has 1 saturated heterocycles. The summed E-state index contributed by atoms with van der Waals surface area (Å²) in [5, 5.41) is 20.5. The number of aliphatic hydroxyl groups is 1. The summed E-state index contributed by atoms with van der Waals surface area (Å²) in [4.78, 5) is 28.7. The highest BCUT2D eigenvalue weighted by molar-refractivity contribution is 6.42. The number of ether oxygens (including phenoxy) is 1. The van der Waals surface area contributed by atoms with Gasteiger partial charge in [0.15, 0.2) is 0 Å². The van der Waals surface area contributed by atoms with Crippen molar-refractivity contribution in [2.45, 2.75) is 70.7 Å². The summed E-state index contributed by atoms with van der Waals surface area (Å²) in [6, 6.07) is 18.0. The molecule has 0 bridgehead atoms. The van der Waals surface area contributed by atoms with Crippen LogP contribution in [0, 0.1) is 6.92 Å². The number of benzene rings is 3. The van der Waals surface area contributed by atoms with Gasteiger partial charge in [-0.1, -0.05) is 54.1 Å². The van der Waals surface area contributed by atoms with E-state index in [4.69, 9.17) is 21.4 Å². The summed E-state index contributed by atoms with van der Waals surface area (Å²) in [7, 11) is 0. The monoisotopic (exact) mass is 614 g/mol. The van der Waals surface area contributed by atoms with Crippen LogP contribution in [-0.4, -0.2) is 63.3 Å². The minimum Gasteiger partial charge on any atom is -0.489 e. The Morgan fingerprint density at radius 1 is 1.02 bits per heavy atom. The number of fused-ring (bicyclic) bond motifs is 1. The van der Waals surface area contributed by atoms with E-state index in [9.17, 15) is 14.7 Å². The zero-order chi connectivity index (χ0) is 31.0. The first-order valence-corrected chi connectivity index (χ1v) is 15.9. The minimum absolute atomic E-state index is 0.202. The van der Waals surface area contributed by atoms with Crippen LogP contribution in [0.5, 0.6) is 5.75 Å². The van der Waals surface area contributed by atoms with Gasteiger partial charge in [0.1, 0.15) is 11.9 Å². The highest BCUT2D eigenvalue weighted by Crippen LogP contribution is 2.34. The average Bonchev–Trinajstić information content (AvgIpc) is 3.57. The lowest BCUT2D eigenvalue weighted by Gasteiger charge is -2.28. The van der Waals surface area contributed by atoms with E-state index in [1.54, 1.807) is 30.3 Å². The molecule has 0 radical (unpaired) electrons. The van der Waals surface area contributed by atoms with Crippen LogP contribution in [0.2, 0.25) is 5.02 Å². The van der Waals surface area contributed by atoms with Crippen LogP contribution in [0.1, 0.15) is 73.3 Å². The van der Waals surface area contributed by atoms with Gasteiger partial charge >= 0.3 is 0 Å². The second-order valence-electron chi connectivity index (χ2n) is 12.3. The van der Waals surface area contributed by atoms with Crippen LogP contribution in [0.3, 0.4) is 0 Å². The Kier molecular flexibility index (Phi) is 8.76. The van der Waals surface area contributed by atoms with Gasteiger partial charge in [0.2, 0.25) is 5.78 Å². The molecule has 0 spiro atoms. The van der Waals surface area contributed by atoms with Crippen molar-refractivity contribution in [1.29, 1.82) is 0 Å².